The Balaban J connectivity index is 1.36. The first kappa shape index (κ1) is 41.2. The highest BCUT2D eigenvalue weighted by molar-refractivity contribution is 7.91. The van der Waals surface area contributed by atoms with E-state index in [0.29, 0.717) is 48.6 Å². The minimum atomic E-state index is -4.03. The van der Waals surface area contributed by atoms with Crippen LogP contribution >= 0.6 is 0 Å². The number of carbonyl (C=O) groups is 4. The molecule has 1 aromatic carbocycles. The minimum absolute atomic E-state index is 0.0344. The number of nitrogens with zero attached hydrogens (tertiary/aromatic N) is 2. The fourth-order valence-electron chi connectivity index (χ4n) is 8.10. The van der Waals surface area contributed by atoms with Crippen LogP contribution in [-0.2, 0) is 29.1 Å². The third-order valence-electron chi connectivity index (χ3n) is 11.6. The Kier molecular flexibility index (Phi) is 11.4. The van der Waals surface area contributed by atoms with E-state index < -0.39 is 79.6 Å². The fraction of sp³-hybridized carbons (Fsp3) is 0.625. The van der Waals surface area contributed by atoms with Gasteiger partial charge in [-0.1, -0.05) is 32.9 Å². The highest BCUT2D eigenvalue weighted by Gasteiger charge is 2.63. The normalized spacial score (nSPS) is 29.8. The zero-order valence-electron chi connectivity index (χ0n) is 33.1. The summed E-state index contributed by atoms with van der Waals surface area (Å²) in [6.45, 7) is 10.7. The number of ether oxygens (including phenoxy) is 3. The monoisotopic (exact) mass is 799 g/mol. The Bertz CT molecular complexity index is 2020. The van der Waals surface area contributed by atoms with Crippen LogP contribution in [0.25, 0.3) is 10.8 Å². The summed E-state index contributed by atoms with van der Waals surface area (Å²) < 4.78 is 59.7. The molecule has 0 radical (unpaired) electrons. The van der Waals surface area contributed by atoms with Crippen LogP contribution in [0, 0.1) is 23.6 Å². The van der Waals surface area contributed by atoms with Crippen molar-refractivity contribution in [2.24, 2.45) is 17.8 Å². The van der Waals surface area contributed by atoms with Crippen LogP contribution in [0.2, 0.25) is 0 Å². The number of pyridine rings is 1. The number of sulfonamides is 1. The fourth-order valence-corrected chi connectivity index (χ4v) is 9.76. The number of hydrogen-bond donors (Lipinski definition) is 3. The number of methoxy groups -OCH3 is 1. The van der Waals surface area contributed by atoms with Gasteiger partial charge in [-0.3, -0.25) is 19.1 Å². The number of amides is 4. The molecule has 4 amide bonds. The third kappa shape index (κ3) is 8.44. The number of allylic oxidation sites excluding steroid dienone is 1. The minimum Gasteiger partial charge on any atom is -0.494 e. The molecule has 0 bridgehead atoms. The quantitative estimate of drug-likeness (QED) is 0.311. The molecule has 14 nitrogen and oxygen atoms in total. The lowest BCUT2D eigenvalue weighted by atomic mass is 9.88. The lowest BCUT2D eigenvalue weighted by Crippen LogP contribution is -2.59. The van der Waals surface area contributed by atoms with Crippen molar-refractivity contribution in [2.45, 2.75) is 127 Å². The molecule has 0 unspecified atom stereocenters. The first-order valence-electron chi connectivity index (χ1n) is 19.5. The van der Waals surface area contributed by atoms with Gasteiger partial charge in [0, 0.05) is 23.1 Å². The maximum atomic E-state index is 14.8. The second-order valence-electron chi connectivity index (χ2n) is 17.0. The summed E-state index contributed by atoms with van der Waals surface area (Å²) in [6, 6.07) is 1.78. The molecule has 7 atom stereocenters. The van der Waals surface area contributed by atoms with Gasteiger partial charge in [-0.25, -0.2) is 22.6 Å². The summed E-state index contributed by atoms with van der Waals surface area (Å²) in [4.78, 5) is 62.3. The number of benzene rings is 1. The molecule has 56 heavy (non-hydrogen) atoms. The van der Waals surface area contributed by atoms with Gasteiger partial charge in [-0.2, -0.15) is 0 Å². The van der Waals surface area contributed by atoms with Crippen LogP contribution in [0.3, 0.4) is 0 Å². The third-order valence-corrected chi connectivity index (χ3v) is 13.9. The lowest BCUT2D eigenvalue weighted by Gasteiger charge is -2.33. The molecule has 2 saturated carbocycles. The zero-order valence-corrected chi connectivity index (χ0v) is 34.0. The number of rotatable bonds is 8. The van der Waals surface area contributed by atoms with E-state index in [1.165, 1.54) is 36.4 Å². The molecule has 3 N–H and O–H groups in total. The molecule has 306 valence electrons. The van der Waals surface area contributed by atoms with Crippen molar-refractivity contribution in [2.75, 3.05) is 13.7 Å². The maximum Gasteiger partial charge on any atom is 0.408 e. The Morgan fingerprint density at radius 2 is 1.86 bits per heavy atom. The van der Waals surface area contributed by atoms with Crippen molar-refractivity contribution in [1.82, 2.24) is 25.2 Å². The Hall–Kier alpha value is -4.47. The number of fused-ring (bicyclic) bond motifs is 3. The average Bonchev–Trinajstić information content (AvgIpc) is 4.02. The van der Waals surface area contributed by atoms with E-state index in [-0.39, 0.29) is 37.1 Å². The van der Waals surface area contributed by atoms with E-state index in [1.807, 2.05) is 19.1 Å². The average molecular weight is 800 g/mol. The highest BCUT2D eigenvalue weighted by atomic mass is 32.2. The molecule has 16 heteroatoms. The first-order valence-corrected chi connectivity index (χ1v) is 20.9. The second-order valence-corrected chi connectivity index (χ2v) is 19.1. The van der Waals surface area contributed by atoms with Gasteiger partial charge in [0.25, 0.3) is 5.91 Å². The number of alkyl carbamates (subject to hydrolysis) is 1. The Labute approximate surface area is 327 Å². The van der Waals surface area contributed by atoms with Crippen LogP contribution in [-0.4, -0.2) is 89.8 Å². The molecule has 0 spiro atoms. The molecule has 1 saturated heterocycles. The van der Waals surface area contributed by atoms with E-state index in [4.69, 9.17) is 14.2 Å². The zero-order chi connectivity index (χ0) is 40.8. The number of hydrogen-bond acceptors (Lipinski definition) is 10. The van der Waals surface area contributed by atoms with Crippen molar-refractivity contribution in [1.29, 1.82) is 0 Å². The van der Waals surface area contributed by atoms with Gasteiger partial charge in [0.1, 0.15) is 40.9 Å². The van der Waals surface area contributed by atoms with E-state index in [1.54, 1.807) is 27.7 Å². The van der Waals surface area contributed by atoms with E-state index in [9.17, 15) is 32.0 Å². The highest BCUT2D eigenvalue weighted by Crippen LogP contribution is 2.49. The second kappa shape index (κ2) is 15.5. The predicted molar refractivity (Wildman–Crippen MR) is 206 cm³/mol. The number of halogens is 1. The maximum absolute atomic E-state index is 14.8. The molecule has 3 fully saturated rings. The number of aromatic nitrogens is 1. The van der Waals surface area contributed by atoms with Gasteiger partial charge in [0.15, 0.2) is 0 Å². The molecular weight excluding hydrogens is 746 g/mol. The molecule has 4 aliphatic rings. The van der Waals surface area contributed by atoms with Gasteiger partial charge in [0.2, 0.25) is 27.7 Å². The molecule has 2 aromatic rings. The van der Waals surface area contributed by atoms with Gasteiger partial charge in [0.05, 0.1) is 24.6 Å². The van der Waals surface area contributed by atoms with Crippen LogP contribution in [0.1, 0.15) is 92.9 Å². The number of carbonyl (C=O) groups excluding carboxylic acids is 4. The molecule has 2 aliphatic heterocycles. The molecule has 3 heterocycles. The topological polar surface area (TPSA) is 182 Å². The summed E-state index contributed by atoms with van der Waals surface area (Å²) in [6.07, 6.45) is 6.93. The number of nitrogens with one attached hydrogen (secondary N) is 3. The summed E-state index contributed by atoms with van der Waals surface area (Å²) in [5, 5.41) is 6.53. The molecule has 1 aromatic heterocycles. The van der Waals surface area contributed by atoms with Gasteiger partial charge < -0.3 is 29.7 Å². The smallest absolute Gasteiger partial charge is 0.408 e. The first-order chi connectivity index (χ1) is 26.3. The SMILES string of the molecule is CCC1(S(=O)(=O)NC(=O)[C@@]23C[C@H]2/C=C\CC[C@@H](C)C[C@@H](C)[C@H](NC(=O)OC(C)(C)C)C(=O)N2C[C@H](Oc4ncc(OC)c5cc(F)ccc45)C[C@H]2C(=O)N3)CC1. The van der Waals surface area contributed by atoms with Crippen molar-refractivity contribution in [3.8, 4) is 11.6 Å². The summed E-state index contributed by atoms with van der Waals surface area (Å²) in [5.74, 6) is -2.81. The Morgan fingerprint density at radius 3 is 2.52 bits per heavy atom. The largest absolute Gasteiger partial charge is 0.494 e. The molecular formula is C40H54FN5O9S. The summed E-state index contributed by atoms with van der Waals surface area (Å²) in [7, 11) is -2.60. The van der Waals surface area contributed by atoms with Crippen molar-refractivity contribution < 1.29 is 46.2 Å². The van der Waals surface area contributed by atoms with Crippen molar-refractivity contribution in [3.05, 3.63) is 42.4 Å². The standard InChI is InChI=1S/C40H54FN5O9S/c1-8-39(15-16-39)56(51,52)45-36(49)40-20-25(40)12-10-9-11-23(2)17-24(3)32(43-37(50)55-38(4,5)6)35(48)46-22-27(19-30(46)33(47)44-40)54-34-28-14-13-26(41)18-29(28)31(53-7)21-42-34/h10,12-14,18,21,23-25,27,30,32H,8-9,11,15-17,19-20,22H2,1-7H3,(H,43,50)(H,44,47)(H,45,49)/b12-10-/t23-,24-,25-,27-,30+,32+,40-/m1/s1. The molecule has 6 rings (SSSR count). The Morgan fingerprint density at radius 1 is 1.12 bits per heavy atom. The van der Waals surface area contributed by atoms with Crippen LogP contribution in [0.4, 0.5) is 9.18 Å². The van der Waals surface area contributed by atoms with Crippen LogP contribution in [0.5, 0.6) is 11.6 Å². The van der Waals surface area contributed by atoms with Gasteiger partial charge in [-0.05, 0) is 95.8 Å². The summed E-state index contributed by atoms with van der Waals surface area (Å²) >= 11 is 0. The van der Waals surface area contributed by atoms with E-state index in [2.05, 4.69) is 27.3 Å². The van der Waals surface area contributed by atoms with Crippen molar-refractivity contribution in [3.63, 3.8) is 0 Å². The molecule has 2 aliphatic carbocycles. The van der Waals surface area contributed by atoms with Gasteiger partial charge >= 0.3 is 6.09 Å². The van der Waals surface area contributed by atoms with Crippen molar-refractivity contribution >= 4 is 44.6 Å². The van der Waals surface area contributed by atoms with Gasteiger partial charge in [-0.15, -0.1) is 0 Å². The predicted octanol–water partition coefficient (Wildman–Crippen LogP) is 4.90. The van der Waals surface area contributed by atoms with E-state index in [0.717, 1.165) is 6.42 Å². The van der Waals surface area contributed by atoms with E-state index >= 15 is 0 Å². The lowest BCUT2D eigenvalue weighted by molar-refractivity contribution is -0.142. The van der Waals surface area contributed by atoms with Crippen LogP contribution in [0.15, 0.2) is 36.5 Å². The van der Waals surface area contributed by atoms with Crippen LogP contribution < -0.4 is 24.8 Å². The summed E-state index contributed by atoms with van der Waals surface area (Å²) in [5.41, 5.74) is -2.41.